The van der Waals surface area contributed by atoms with Gasteiger partial charge in [-0.2, -0.15) is 0 Å². The van der Waals surface area contributed by atoms with Gasteiger partial charge in [0.25, 0.3) is 0 Å². The molecule has 0 aromatic rings. The number of ether oxygens (including phenoxy) is 1. The second-order valence-electron chi connectivity index (χ2n) is 6.31. The monoisotopic (exact) mass is 268 g/mol. The lowest BCUT2D eigenvalue weighted by atomic mass is 9.75. The summed E-state index contributed by atoms with van der Waals surface area (Å²) >= 11 is 0. The van der Waals surface area contributed by atoms with Gasteiger partial charge in [0.05, 0.1) is 5.41 Å². The fraction of sp³-hybridized carbons (Fsp3) is 0.933. The van der Waals surface area contributed by atoms with E-state index in [0.717, 1.165) is 51.9 Å². The lowest BCUT2D eigenvalue weighted by Gasteiger charge is -2.35. The summed E-state index contributed by atoms with van der Waals surface area (Å²) < 4.78 is 5.16. The zero-order chi connectivity index (χ0) is 13.8. The molecule has 0 spiro atoms. The average molecular weight is 268 g/mol. The van der Waals surface area contributed by atoms with Gasteiger partial charge in [-0.15, -0.1) is 0 Å². The lowest BCUT2D eigenvalue weighted by Crippen LogP contribution is -2.48. The van der Waals surface area contributed by atoms with Gasteiger partial charge in [-0.1, -0.05) is 6.92 Å². The molecule has 2 aliphatic rings. The van der Waals surface area contributed by atoms with Crippen LogP contribution in [0.1, 0.15) is 45.4 Å². The Kier molecular flexibility index (Phi) is 4.85. The van der Waals surface area contributed by atoms with Gasteiger partial charge in [-0.05, 0) is 57.0 Å². The minimum atomic E-state index is -0.122. The highest BCUT2D eigenvalue weighted by Crippen LogP contribution is 2.48. The number of methoxy groups -OCH3 is 1. The summed E-state index contributed by atoms with van der Waals surface area (Å²) in [6.45, 7) is 5.72. The largest absolute Gasteiger partial charge is 0.385 e. The summed E-state index contributed by atoms with van der Waals surface area (Å²) in [5.74, 6) is 0.278. The number of hydrogen-bond donors (Lipinski definition) is 2. The summed E-state index contributed by atoms with van der Waals surface area (Å²) in [7, 11) is 1.75. The van der Waals surface area contributed by atoms with Gasteiger partial charge >= 0.3 is 0 Å². The number of hydrogen-bond acceptors (Lipinski definition) is 3. The Morgan fingerprint density at radius 3 is 2.47 bits per heavy atom. The molecule has 1 amide bonds. The van der Waals surface area contributed by atoms with Crippen molar-refractivity contribution in [2.75, 3.05) is 33.4 Å². The predicted molar refractivity (Wildman–Crippen MR) is 76.0 cm³/mol. The molecule has 1 heterocycles. The van der Waals surface area contributed by atoms with Gasteiger partial charge in [-0.3, -0.25) is 4.79 Å². The number of piperidine rings is 1. The highest BCUT2D eigenvalue weighted by molar-refractivity contribution is 5.82. The summed E-state index contributed by atoms with van der Waals surface area (Å²) in [4.78, 5) is 12.5. The normalized spacial score (nSPS) is 23.9. The molecule has 0 atom stereocenters. The second kappa shape index (κ2) is 6.23. The standard InChI is InChI=1S/C15H28N2O2/c1-3-15(6-9-16-10-7-15)13(18)17-12-14(4-5-14)8-11-19-2/h16H,3-12H2,1-2H3,(H,17,18). The van der Waals surface area contributed by atoms with Crippen LogP contribution < -0.4 is 10.6 Å². The molecule has 1 aliphatic carbocycles. The van der Waals surface area contributed by atoms with Crippen LogP contribution in [-0.4, -0.2) is 39.3 Å². The number of rotatable bonds is 7. The summed E-state index contributed by atoms with van der Waals surface area (Å²) in [5, 5.41) is 6.58. The quantitative estimate of drug-likeness (QED) is 0.739. The van der Waals surface area contributed by atoms with E-state index in [0.29, 0.717) is 5.41 Å². The SMILES string of the molecule is CCC1(C(=O)NCC2(CCOC)CC2)CCNCC1. The van der Waals surface area contributed by atoms with E-state index in [1.165, 1.54) is 12.8 Å². The fourth-order valence-corrected chi connectivity index (χ4v) is 3.11. The number of carbonyl (C=O) groups is 1. The molecule has 2 rings (SSSR count). The smallest absolute Gasteiger partial charge is 0.226 e. The molecule has 0 aromatic heterocycles. The Morgan fingerprint density at radius 2 is 1.95 bits per heavy atom. The van der Waals surface area contributed by atoms with Gasteiger partial charge in [0.2, 0.25) is 5.91 Å². The Bertz CT molecular complexity index is 307. The summed E-state index contributed by atoms with van der Waals surface area (Å²) in [6, 6.07) is 0. The third-order valence-corrected chi connectivity index (χ3v) is 5.14. The molecule has 0 unspecified atom stereocenters. The highest BCUT2D eigenvalue weighted by Gasteiger charge is 2.44. The van der Waals surface area contributed by atoms with Crippen molar-refractivity contribution in [1.82, 2.24) is 10.6 Å². The third kappa shape index (κ3) is 3.48. The summed E-state index contributed by atoms with van der Waals surface area (Å²) in [5.41, 5.74) is 0.218. The van der Waals surface area contributed by atoms with Crippen LogP contribution in [0.3, 0.4) is 0 Å². The molecule has 1 aliphatic heterocycles. The molecule has 19 heavy (non-hydrogen) atoms. The fourth-order valence-electron chi connectivity index (χ4n) is 3.11. The van der Waals surface area contributed by atoms with Crippen LogP contribution in [-0.2, 0) is 9.53 Å². The zero-order valence-corrected chi connectivity index (χ0v) is 12.4. The Balaban J connectivity index is 1.83. The van der Waals surface area contributed by atoms with Crippen LogP contribution in [0.2, 0.25) is 0 Å². The molecule has 0 radical (unpaired) electrons. The Morgan fingerprint density at radius 1 is 1.26 bits per heavy atom. The first-order valence-corrected chi connectivity index (χ1v) is 7.64. The molecule has 1 saturated heterocycles. The van der Waals surface area contributed by atoms with Gasteiger partial charge in [-0.25, -0.2) is 0 Å². The van der Waals surface area contributed by atoms with Crippen LogP contribution in [0.4, 0.5) is 0 Å². The van der Waals surface area contributed by atoms with Crippen LogP contribution >= 0.6 is 0 Å². The van der Waals surface area contributed by atoms with Gasteiger partial charge in [0.15, 0.2) is 0 Å². The van der Waals surface area contributed by atoms with Crippen molar-refractivity contribution >= 4 is 5.91 Å². The zero-order valence-electron chi connectivity index (χ0n) is 12.4. The minimum absolute atomic E-state index is 0.122. The average Bonchev–Trinajstić information content (AvgIpc) is 3.24. The molecule has 2 fully saturated rings. The molecular weight excluding hydrogens is 240 g/mol. The number of carbonyl (C=O) groups excluding carboxylic acids is 1. The van der Waals surface area contributed by atoms with Crippen molar-refractivity contribution in [3.05, 3.63) is 0 Å². The minimum Gasteiger partial charge on any atom is -0.385 e. The van der Waals surface area contributed by atoms with E-state index in [2.05, 4.69) is 17.6 Å². The van der Waals surface area contributed by atoms with Crippen molar-refractivity contribution in [2.24, 2.45) is 10.8 Å². The second-order valence-corrected chi connectivity index (χ2v) is 6.31. The van der Waals surface area contributed by atoms with Crippen molar-refractivity contribution in [1.29, 1.82) is 0 Å². The number of amides is 1. The maximum Gasteiger partial charge on any atom is 0.226 e. The molecule has 110 valence electrons. The number of nitrogens with one attached hydrogen (secondary N) is 2. The Labute approximate surface area is 116 Å². The molecule has 4 heteroatoms. The molecule has 0 aromatic carbocycles. The molecule has 4 nitrogen and oxygen atoms in total. The van der Waals surface area contributed by atoms with E-state index in [-0.39, 0.29) is 11.3 Å². The van der Waals surface area contributed by atoms with Crippen molar-refractivity contribution in [3.8, 4) is 0 Å². The van der Waals surface area contributed by atoms with Crippen LogP contribution in [0.5, 0.6) is 0 Å². The molecule has 2 N–H and O–H groups in total. The van der Waals surface area contributed by atoms with Crippen LogP contribution in [0, 0.1) is 10.8 Å². The first kappa shape index (κ1) is 14.8. The van der Waals surface area contributed by atoms with Crippen molar-refractivity contribution in [2.45, 2.75) is 45.4 Å². The van der Waals surface area contributed by atoms with Crippen LogP contribution in [0.15, 0.2) is 0 Å². The highest BCUT2D eigenvalue weighted by atomic mass is 16.5. The van der Waals surface area contributed by atoms with Gasteiger partial charge < -0.3 is 15.4 Å². The maximum atomic E-state index is 12.5. The third-order valence-electron chi connectivity index (χ3n) is 5.14. The predicted octanol–water partition coefficient (Wildman–Crippen LogP) is 1.70. The Hall–Kier alpha value is -0.610. The first-order chi connectivity index (χ1) is 9.16. The topological polar surface area (TPSA) is 50.4 Å². The molecule has 1 saturated carbocycles. The van der Waals surface area contributed by atoms with Gasteiger partial charge in [0, 0.05) is 20.3 Å². The van der Waals surface area contributed by atoms with E-state index < -0.39 is 0 Å². The lowest BCUT2D eigenvalue weighted by molar-refractivity contribution is -0.133. The van der Waals surface area contributed by atoms with E-state index in [1.54, 1.807) is 7.11 Å². The summed E-state index contributed by atoms with van der Waals surface area (Å²) in [6.07, 6.45) is 6.44. The van der Waals surface area contributed by atoms with E-state index in [9.17, 15) is 4.79 Å². The first-order valence-electron chi connectivity index (χ1n) is 7.64. The van der Waals surface area contributed by atoms with Crippen molar-refractivity contribution < 1.29 is 9.53 Å². The van der Waals surface area contributed by atoms with E-state index in [1.807, 2.05) is 0 Å². The van der Waals surface area contributed by atoms with E-state index >= 15 is 0 Å². The van der Waals surface area contributed by atoms with Crippen molar-refractivity contribution in [3.63, 3.8) is 0 Å². The maximum absolute atomic E-state index is 12.5. The van der Waals surface area contributed by atoms with Crippen LogP contribution in [0.25, 0.3) is 0 Å². The van der Waals surface area contributed by atoms with Gasteiger partial charge in [0.1, 0.15) is 0 Å². The molecular formula is C15H28N2O2. The molecule has 0 bridgehead atoms. The van der Waals surface area contributed by atoms with E-state index in [4.69, 9.17) is 4.74 Å².